The second-order valence-electron chi connectivity index (χ2n) is 7.81. The lowest BCUT2D eigenvalue weighted by Gasteiger charge is -2.23. The Balaban J connectivity index is 0.000000280. The average Bonchev–Trinajstić information content (AvgIpc) is 2.65. The van der Waals surface area contributed by atoms with Gasteiger partial charge in [0.25, 0.3) is 21.1 Å². The van der Waals surface area contributed by atoms with Crippen LogP contribution in [-0.4, -0.2) is 58.4 Å². The van der Waals surface area contributed by atoms with E-state index in [4.69, 9.17) is 4.55 Å². The van der Waals surface area contributed by atoms with Crippen LogP contribution in [0.1, 0.15) is 77.6 Å². The summed E-state index contributed by atoms with van der Waals surface area (Å²) in [6.45, 7) is 3.07. The van der Waals surface area contributed by atoms with Gasteiger partial charge in [-0.1, -0.05) is 38.5 Å². The van der Waals surface area contributed by atoms with Crippen LogP contribution in [0.2, 0.25) is 0 Å². The number of nitrogens with one attached hydrogen (secondary N) is 2. The van der Waals surface area contributed by atoms with Gasteiger partial charge in [0.05, 0.1) is 11.9 Å². The molecule has 1 unspecified atom stereocenters. The van der Waals surface area contributed by atoms with Gasteiger partial charge >= 0.3 is 0 Å². The van der Waals surface area contributed by atoms with Crippen molar-refractivity contribution < 1.29 is 25.6 Å². The van der Waals surface area contributed by atoms with E-state index in [-0.39, 0.29) is 11.9 Å². The molecule has 0 aromatic heterocycles. The molecule has 0 heterocycles. The summed E-state index contributed by atoms with van der Waals surface area (Å²) in [6.07, 6.45) is 12.8. The molecule has 2 rings (SSSR count). The zero-order valence-corrected chi connectivity index (χ0v) is 18.7. The van der Waals surface area contributed by atoms with Gasteiger partial charge in [-0.05, 0) is 45.6 Å². The van der Waals surface area contributed by atoms with E-state index in [9.17, 15) is 16.8 Å². The minimum absolute atomic E-state index is 0.132. The second kappa shape index (κ2) is 14.7. The standard InChI is InChI=1S/2C9H19NO3S/c1-8(13-14(11)12)7-10-9-5-3-2-4-6-9;11-14(12,13)8-4-7-10-9-5-2-1-3-6-9/h8-10,14H,2-7H2,1H3;9-10H,1-8H2,(H,11,12,13). The zero-order valence-electron chi connectivity index (χ0n) is 17.0. The van der Waals surface area contributed by atoms with Crippen LogP contribution in [0.15, 0.2) is 0 Å². The summed E-state index contributed by atoms with van der Waals surface area (Å²) in [6, 6.07) is 1.12. The topological polar surface area (TPSA) is 122 Å². The predicted molar refractivity (Wildman–Crippen MR) is 112 cm³/mol. The molecule has 1 atom stereocenters. The normalized spacial score (nSPS) is 20.5. The number of rotatable bonds is 10. The highest BCUT2D eigenvalue weighted by Gasteiger charge is 2.14. The first-order valence-electron chi connectivity index (χ1n) is 10.5. The summed E-state index contributed by atoms with van der Waals surface area (Å²) in [5, 5.41) is 6.65. The van der Waals surface area contributed by atoms with Gasteiger partial charge in [-0.2, -0.15) is 8.42 Å². The smallest absolute Gasteiger partial charge is 0.264 e. The van der Waals surface area contributed by atoms with Crippen LogP contribution in [0.3, 0.4) is 0 Å². The number of thiol groups is 1. The van der Waals surface area contributed by atoms with Gasteiger partial charge in [0.1, 0.15) is 0 Å². The molecule has 8 nitrogen and oxygen atoms in total. The fourth-order valence-electron chi connectivity index (χ4n) is 3.69. The summed E-state index contributed by atoms with van der Waals surface area (Å²) in [4.78, 5) is 0. The van der Waals surface area contributed by atoms with Crippen molar-refractivity contribution >= 4 is 21.1 Å². The van der Waals surface area contributed by atoms with Crippen LogP contribution < -0.4 is 10.6 Å². The molecule has 0 aromatic rings. The van der Waals surface area contributed by atoms with E-state index < -0.39 is 21.1 Å². The van der Waals surface area contributed by atoms with Crippen molar-refractivity contribution in [3.05, 3.63) is 0 Å². The molecule has 28 heavy (non-hydrogen) atoms. The van der Waals surface area contributed by atoms with Gasteiger partial charge in [-0.25, -0.2) is 8.42 Å². The summed E-state index contributed by atoms with van der Waals surface area (Å²) < 4.78 is 54.4. The molecule has 3 N–H and O–H groups in total. The van der Waals surface area contributed by atoms with Crippen molar-refractivity contribution in [1.29, 1.82) is 0 Å². The average molecular weight is 443 g/mol. The van der Waals surface area contributed by atoms with Crippen molar-refractivity contribution in [1.82, 2.24) is 10.6 Å². The molecule has 0 amide bonds. The van der Waals surface area contributed by atoms with E-state index in [1.54, 1.807) is 6.92 Å². The number of hydrogen-bond acceptors (Lipinski definition) is 7. The molecule has 168 valence electrons. The van der Waals surface area contributed by atoms with E-state index >= 15 is 0 Å². The third-order valence-electron chi connectivity index (χ3n) is 5.18. The monoisotopic (exact) mass is 442 g/mol. The third kappa shape index (κ3) is 14.7. The highest BCUT2D eigenvalue weighted by Crippen LogP contribution is 2.17. The molecule has 0 bridgehead atoms. The Bertz CT molecular complexity index is 563. The molecule has 2 saturated carbocycles. The van der Waals surface area contributed by atoms with Crippen LogP contribution in [-0.2, 0) is 25.3 Å². The SMILES string of the molecule is CC(CNC1CCCCC1)O[SH](=O)=O.O=S(=O)(O)CCCNC1CCCCC1. The fourth-order valence-corrected chi connectivity index (χ4v) is 4.57. The molecule has 0 spiro atoms. The number of hydrogen-bond donors (Lipinski definition) is 4. The maximum atomic E-state index is 10.4. The van der Waals surface area contributed by atoms with Gasteiger partial charge in [0.15, 0.2) is 0 Å². The van der Waals surface area contributed by atoms with Crippen molar-refractivity contribution in [2.24, 2.45) is 0 Å². The van der Waals surface area contributed by atoms with E-state index in [1.807, 2.05) is 0 Å². The lowest BCUT2D eigenvalue weighted by molar-refractivity contribution is 0.220. The molecule has 2 aliphatic carbocycles. The van der Waals surface area contributed by atoms with E-state index in [2.05, 4.69) is 14.8 Å². The third-order valence-corrected chi connectivity index (χ3v) is 6.52. The first-order valence-corrected chi connectivity index (χ1v) is 13.2. The second-order valence-corrected chi connectivity index (χ2v) is 10.0. The van der Waals surface area contributed by atoms with E-state index in [1.165, 1.54) is 64.2 Å². The van der Waals surface area contributed by atoms with Crippen LogP contribution in [0, 0.1) is 0 Å². The lowest BCUT2D eigenvalue weighted by Crippen LogP contribution is -2.36. The zero-order chi connectivity index (χ0) is 20.8. The molecule has 10 heteroatoms. The van der Waals surface area contributed by atoms with Crippen molar-refractivity contribution in [2.45, 2.75) is 95.7 Å². The summed E-state index contributed by atoms with van der Waals surface area (Å²) >= 11 is 0. The molecule has 0 aliphatic heterocycles. The molecular weight excluding hydrogens is 404 g/mol. The van der Waals surface area contributed by atoms with E-state index in [0.717, 1.165) is 0 Å². The molecule has 0 aromatic carbocycles. The Morgan fingerprint density at radius 1 is 0.964 bits per heavy atom. The summed E-state index contributed by atoms with van der Waals surface area (Å²) in [5.74, 6) is -0.132. The minimum atomic E-state index is -3.77. The minimum Gasteiger partial charge on any atom is -0.314 e. The Morgan fingerprint density at radius 3 is 1.93 bits per heavy atom. The Kier molecular flexibility index (Phi) is 13.5. The molecular formula is C18H38N2O6S2. The van der Waals surface area contributed by atoms with Crippen molar-refractivity contribution in [3.8, 4) is 0 Å². The van der Waals surface area contributed by atoms with Gasteiger partial charge in [-0.15, -0.1) is 0 Å². The summed E-state index contributed by atoms with van der Waals surface area (Å²) in [7, 11) is -6.48. The Labute approximate surface area is 172 Å². The first-order chi connectivity index (χ1) is 13.3. The largest absolute Gasteiger partial charge is 0.314 e. The fraction of sp³-hybridized carbons (Fsp3) is 1.00. The highest BCUT2D eigenvalue weighted by atomic mass is 32.2. The molecule has 2 fully saturated rings. The van der Waals surface area contributed by atoms with E-state index in [0.29, 0.717) is 31.6 Å². The van der Waals surface area contributed by atoms with Crippen LogP contribution in [0.4, 0.5) is 0 Å². The maximum Gasteiger partial charge on any atom is 0.264 e. The predicted octanol–water partition coefficient (Wildman–Crippen LogP) is 2.03. The van der Waals surface area contributed by atoms with Gasteiger partial charge in [-0.3, -0.25) is 8.74 Å². The Morgan fingerprint density at radius 2 is 1.46 bits per heavy atom. The first kappa shape index (κ1) is 25.8. The van der Waals surface area contributed by atoms with Crippen LogP contribution in [0.5, 0.6) is 0 Å². The quantitative estimate of drug-likeness (QED) is 0.230. The summed E-state index contributed by atoms with van der Waals surface area (Å²) in [5.41, 5.74) is 0. The Hall–Kier alpha value is -0.260. The molecule has 0 radical (unpaired) electrons. The van der Waals surface area contributed by atoms with Crippen molar-refractivity contribution in [2.75, 3.05) is 18.8 Å². The van der Waals surface area contributed by atoms with Crippen LogP contribution in [0.25, 0.3) is 0 Å². The van der Waals surface area contributed by atoms with Crippen molar-refractivity contribution in [3.63, 3.8) is 0 Å². The molecule has 0 saturated heterocycles. The van der Waals surface area contributed by atoms with Gasteiger partial charge in [0.2, 0.25) is 0 Å². The van der Waals surface area contributed by atoms with Crippen LogP contribution >= 0.6 is 0 Å². The van der Waals surface area contributed by atoms with Gasteiger partial charge in [0, 0.05) is 18.6 Å². The maximum absolute atomic E-state index is 10.4. The highest BCUT2D eigenvalue weighted by molar-refractivity contribution is 7.85. The van der Waals surface area contributed by atoms with Gasteiger partial charge < -0.3 is 10.6 Å². The lowest BCUT2D eigenvalue weighted by atomic mass is 9.95. The molecule has 2 aliphatic rings.